The molecule has 2 aromatic carbocycles. The lowest BCUT2D eigenvalue weighted by molar-refractivity contribution is 0.152. The molecular weight excluding hydrogens is 465 g/mol. The molecule has 10 heteroatoms. The zero-order valence-electron chi connectivity index (χ0n) is 18.0. The third-order valence-electron chi connectivity index (χ3n) is 5.89. The largest absolute Gasteiger partial charge is 0.495 e. The number of halogens is 2. The summed E-state index contributed by atoms with van der Waals surface area (Å²) in [7, 11) is 1.57. The number of rotatable bonds is 7. The molecule has 33 heavy (non-hydrogen) atoms. The summed E-state index contributed by atoms with van der Waals surface area (Å²) in [5.74, 6) is 1.83. The molecule has 1 aromatic heterocycles. The number of nitrogens with zero attached hydrogens (tertiary/aromatic N) is 4. The quantitative estimate of drug-likeness (QED) is 0.433. The van der Waals surface area contributed by atoms with Gasteiger partial charge in [0, 0.05) is 55.5 Å². The van der Waals surface area contributed by atoms with Crippen molar-refractivity contribution in [3.63, 3.8) is 0 Å². The Morgan fingerprint density at radius 3 is 2.45 bits per heavy atom. The maximum atomic E-state index is 9.65. The maximum absolute atomic E-state index is 9.65. The Morgan fingerprint density at radius 2 is 1.85 bits per heavy atom. The van der Waals surface area contributed by atoms with Gasteiger partial charge in [-0.2, -0.15) is 0 Å². The van der Waals surface area contributed by atoms with Crippen molar-refractivity contribution in [2.75, 3.05) is 43.6 Å². The predicted octanol–water partition coefficient (Wildman–Crippen LogP) is 3.91. The van der Waals surface area contributed by atoms with E-state index in [1.807, 2.05) is 29.2 Å². The number of hydrogen-bond donors (Lipinski definition) is 3. The molecule has 0 spiro atoms. The van der Waals surface area contributed by atoms with E-state index in [0.29, 0.717) is 47.7 Å². The number of aliphatic hydroxyl groups is 2. The van der Waals surface area contributed by atoms with Gasteiger partial charge in [0.25, 0.3) is 0 Å². The van der Waals surface area contributed by atoms with E-state index in [9.17, 15) is 10.2 Å². The summed E-state index contributed by atoms with van der Waals surface area (Å²) in [6.45, 7) is 9.06. The highest BCUT2D eigenvalue weighted by Gasteiger charge is 2.33. The van der Waals surface area contributed by atoms with Crippen LogP contribution in [0.1, 0.15) is 5.56 Å². The molecular formula is C23H25Cl2N5O3. The van der Waals surface area contributed by atoms with Crippen LogP contribution in [0, 0.1) is 18.4 Å². The number of nitrogens with one attached hydrogen (secondary N) is 1. The van der Waals surface area contributed by atoms with Gasteiger partial charge in [0.15, 0.2) is 17.3 Å². The number of methoxy groups -OCH3 is 1. The van der Waals surface area contributed by atoms with Gasteiger partial charge in [0.05, 0.1) is 18.7 Å². The van der Waals surface area contributed by atoms with Crippen LogP contribution in [-0.4, -0.2) is 53.8 Å². The topological polar surface area (TPSA) is 95.1 Å². The summed E-state index contributed by atoms with van der Waals surface area (Å²) in [5.41, 5.74) is 1.46. The van der Waals surface area contributed by atoms with E-state index >= 15 is 0 Å². The van der Waals surface area contributed by atoms with Crippen molar-refractivity contribution in [2.24, 2.45) is 11.8 Å². The number of ether oxygens (including phenoxy) is 1. The average molecular weight is 490 g/mol. The Labute approximate surface area is 203 Å². The van der Waals surface area contributed by atoms with Gasteiger partial charge in [-0.3, -0.25) is 0 Å². The van der Waals surface area contributed by atoms with E-state index in [-0.39, 0.29) is 37.5 Å². The Bertz CT molecular complexity index is 1160. The van der Waals surface area contributed by atoms with Gasteiger partial charge in [-0.25, -0.2) is 4.85 Å². The summed E-state index contributed by atoms with van der Waals surface area (Å²) in [6, 6.07) is 11.0. The summed E-state index contributed by atoms with van der Waals surface area (Å²) in [6.07, 6.45) is 0. The van der Waals surface area contributed by atoms with E-state index in [1.165, 1.54) is 0 Å². The Balaban J connectivity index is 0.00000306. The minimum atomic E-state index is -0.0167. The fourth-order valence-corrected chi connectivity index (χ4v) is 4.37. The van der Waals surface area contributed by atoms with Crippen molar-refractivity contribution >= 4 is 52.1 Å². The third-order valence-corrected chi connectivity index (χ3v) is 6.19. The zero-order chi connectivity index (χ0) is 22.7. The summed E-state index contributed by atoms with van der Waals surface area (Å²) < 4.78 is 5.20. The first-order valence-electron chi connectivity index (χ1n) is 10.3. The predicted molar refractivity (Wildman–Crippen MR) is 132 cm³/mol. The fraction of sp³-hybridized carbons (Fsp3) is 0.348. The highest BCUT2D eigenvalue weighted by atomic mass is 35.5. The minimum absolute atomic E-state index is 0. The van der Waals surface area contributed by atoms with Gasteiger partial charge < -0.3 is 25.2 Å². The molecule has 0 radical (unpaired) electrons. The first-order valence-corrected chi connectivity index (χ1v) is 10.7. The van der Waals surface area contributed by atoms with Crippen LogP contribution >= 0.6 is 24.0 Å². The highest BCUT2D eigenvalue weighted by molar-refractivity contribution is 6.32. The lowest BCUT2D eigenvalue weighted by Crippen LogP contribution is -2.23. The van der Waals surface area contributed by atoms with Gasteiger partial charge >= 0.3 is 0 Å². The second kappa shape index (κ2) is 10.9. The number of benzene rings is 2. The fourth-order valence-electron chi connectivity index (χ4n) is 4.09. The molecule has 4 rings (SSSR count). The van der Waals surface area contributed by atoms with Crippen molar-refractivity contribution < 1.29 is 14.9 Å². The average Bonchev–Trinajstić information content (AvgIpc) is 3.25. The van der Waals surface area contributed by atoms with Crippen LogP contribution in [0.5, 0.6) is 5.75 Å². The first-order chi connectivity index (χ1) is 15.6. The summed E-state index contributed by atoms with van der Waals surface area (Å²) in [5, 5.41) is 33.7. The first kappa shape index (κ1) is 24.8. The molecule has 8 nitrogen and oxygen atoms in total. The molecule has 0 saturated carbocycles. The molecule has 0 aliphatic carbocycles. The summed E-state index contributed by atoms with van der Waals surface area (Å²) in [4.78, 5) is 5.59. The summed E-state index contributed by atoms with van der Waals surface area (Å²) >= 11 is 6.23. The van der Waals surface area contributed by atoms with E-state index in [1.54, 1.807) is 19.2 Å². The van der Waals surface area contributed by atoms with Crippen LogP contribution in [-0.2, 0) is 6.54 Å². The molecule has 1 saturated heterocycles. The van der Waals surface area contributed by atoms with Crippen molar-refractivity contribution in [2.45, 2.75) is 6.54 Å². The molecule has 174 valence electrons. The van der Waals surface area contributed by atoms with Crippen LogP contribution in [0.15, 0.2) is 36.4 Å². The van der Waals surface area contributed by atoms with Gasteiger partial charge in [-0.1, -0.05) is 29.8 Å². The molecule has 3 N–H and O–H groups in total. The lowest BCUT2D eigenvalue weighted by Gasteiger charge is -2.20. The number of anilines is 2. The van der Waals surface area contributed by atoms with Crippen molar-refractivity contribution in [1.82, 2.24) is 10.2 Å². The highest BCUT2D eigenvalue weighted by Crippen LogP contribution is 2.35. The molecule has 0 bridgehead atoms. The van der Waals surface area contributed by atoms with Crippen LogP contribution in [0.4, 0.5) is 17.3 Å². The second-order valence-electron chi connectivity index (χ2n) is 7.83. The number of hydrogen-bond acceptors (Lipinski definition) is 7. The van der Waals surface area contributed by atoms with Gasteiger partial charge in [0.1, 0.15) is 5.75 Å². The smallest absolute Gasteiger partial charge is 0.188 e. The number of fused-ring (bicyclic) bond motifs is 1. The number of aliphatic hydroxyl groups excluding tert-OH is 2. The molecule has 2 atom stereocenters. The van der Waals surface area contributed by atoms with Crippen molar-refractivity contribution in [3.05, 3.63) is 58.4 Å². The monoisotopic (exact) mass is 489 g/mol. The molecule has 0 unspecified atom stereocenters. The zero-order valence-corrected chi connectivity index (χ0v) is 19.6. The SMILES string of the molecule is Cl.[C-]#[N+]c1ccc2c(N3C[C@@H](CO)[C@@H](CO)C3)nnc(NCc3ccc(OC)c(Cl)c3)c2c1. The molecule has 1 fully saturated rings. The molecule has 3 aromatic rings. The molecule has 1 aliphatic rings. The van der Waals surface area contributed by atoms with Crippen LogP contribution in [0.25, 0.3) is 15.6 Å². The van der Waals surface area contributed by atoms with E-state index < -0.39 is 0 Å². The Hall–Kier alpha value is -2.83. The Kier molecular flexibility index (Phi) is 8.16. The third kappa shape index (κ3) is 5.07. The molecule has 1 aliphatic heterocycles. The molecule has 2 heterocycles. The van der Waals surface area contributed by atoms with Gasteiger partial charge in [0.2, 0.25) is 0 Å². The molecule has 0 amide bonds. The minimum Gasteiger partial charge on any atom is -0.495 e. The van der Waals surface area contributed by atoms with Gasteiger partial charge in [-0.05, 0) is 23.8 Å². The van der Waals surface area contributed by atoms with Crippen molar-refractivity contribution in [3.8, 4) is 5.75 Å². The van der Waals surface area contributed by atoms with Crippen LogP contribution < -0.4 is 15.0 Å². The maximum Gasteiger partial charge on any atom is 0.188 e. The van der Waals surface area contributed by atoms with Gasteiger partial charge in [-0.15, -0.1) is 22.6 Å². The number of aromatic nitrogens is 2. The normalized spacial score (nSPS) is 17.5. The van der Waals surface area contributed by atoms with E-state index in [0.717, 1.165) is 16.3 Å². The second-order valence-corrected chi connectivity index (χ2v) is 8.23. The van der Waals surface area contributed by atoms with Crippen molar-refractivity contribution in [1.29, 1.82) is 0 Å². The van der Waals surface area contributed by atoms with Crippen LogP contribution in [0.2, 0.25) is 5.02 Å². The standard InChI is InChI=1S/C23H24ClN5O3.ClH/c1-25-17-4-5-18-19(8-17)22(26-9-14-3-6-21(32-2)20(24)7-14)27-28-23(18)29-10-15(12-30)16(11-29)13-31;/h3-8,15-16,30-31H,9-13H2,2H3,(H,26,27);1H/t15-,16+;. The van der Waals surface area contributed by atoms with Crippen LogP contribution in [0.3, 0.4) is 0 Å². The lowest BCUT2D eigenvalue weighted by atomic mass is 9.98. The van der Waals surface area contributed by atoms with E-state index in [2.05, 4.69) is 20.4 Å². The Morgan fingerprint density at radius 1 is 1.12 bits per heavy atom. The van der Waals surface area contributed by atoms with E-state index in [4.69, 9.17) is 22.9 Å².